The van der Waals surface area contributed by atoms with Crippen LogP contribution in [0.4, 0.5) is 4.79 Å². The number of rotatable bonds is 3. The Bertz CT molecular complexity index is 417. The van der Waals surface area contributed by atoms with E-state index in [9.17, 15) is 4.79 Å². The number of benzene rings is 1. The van der Waals surface area contributed by atoms with Gasteiger partial charge in [-0.1, -0.05) is 37.6 Å². The van der Waals surface area contributed by atoms with Crippen LogP contribution in [0.2, 0.25) is 5.02 Å². The first-order valence-corrected chi connectivity index (χ1v) is 7.13. The summed E-state index contributed by atoms with van der Waals surface area (Å²) in [6, 6.07) is 6.94. The summed E-state index contributed by atoms with van der Waals surface area (Å²) in [5, 5.41) is 3.25. The van der Waals surface area contributed by atoms with E-state index in [0.717, 1.165) is 5.56 Å². The maximum atomic E-state index is 11.4. The second-order valence-corrected chi connectivity index (χ2v) is 5.48. The fraction of sp³-hybridized carbons (Fsp3) is 0.533. The molecule has 1 aromatic carbocycles. The number of ether oxygens (including phenoxy) is 1. The van der Waals surface area contributed by atoms with Crippen LogP contribution in [-0.2, 0) is 4.74 Å². The van der Waals surface area contributed by atoms with Crippen molar-refractivity contribution in [2.75, 3.05) is 6.54 Å². The molecule has 0 aliphatic rings. The lowest BCUT2D eigenvalue weighted by Crippen LogP contribution is -2.36. The Hall–Kier alpha value is -1.26. The SMILES string of the molecule is CC.CC(C)(C)OC(=O)NCC(N)c1cccc(Cl)c1. The summed E-state index contributed by atoms with van der Waals surface area (Å²) >= 11 is 5.87. The van der Waals surface area contributed by atoms with Crippen LogP contribution in [0, 0.1) is 0 Å². The van der Waals surface area contributed by atoms with Gasteiger partial charge in [-0.05, 0) is 38.5 Å². The maximum Gasteiger partial charge on any atom is 0.407 e. The number of hydrogen-bond acceptors (Lipinski definition) is 3. The number of amides is 1. The van der Waals surface area contributed by atoms with Crippen molar-refractivity contribution >= 4 is 17.7 Å². The van der Waals surface area contributed by atoms with E-state index >= 15 is 0 Å². The lowest BCUT2D eigenvalue weighted by atomic mass is 10.1. The summed E-state index contributed by atoms with van der Waals surface area (Å²) in [6.45, 7) is 9.73. The zero-order chi connectivity index (χ0) is 15.8. The van der Waals surface area contributed by atoms with E-state index in [1.165, 1.54) is 0 Å². The highest BCUT2D eigenvalue weighted by Crippen LogP contribution is 2.15. The van der Waals surface area contributed by atoms with Crippen molar-refractivity contribution in [3.05, 3.63) is 34.9 Å². The molecule has 5 heteroatoms. The van der Waals surface area contributed by atoms with Gasteiger partial charge in [-0.25, -0.2) is 4.79 Å². The fourth-order valence-corrected chi connectivity index (χ4v) is 1.56. The van der Waals surface area contributed by atoms with Gasteiger partial charge in [0.1, 0.15) is 5.60 Å². The molecule has 0 aliphatic carbocycles. The lowest BCUT2D eigenvalue weighted by molar-refractivity contribution is 0.0524. The highest BCUT2D eigenvalue weighted by atomic mass is 35.5. The number of nitrogens with one attached hydrogen (secondary N) is 1. The van der Waals surface area contributed by atoms with Crippen LogP contribution in [0.3, 0.4) is 0 Å². The molecule has 0 aromatic heterocycles. The van der Waals surface area contributed by atoms with Crippen LogP contribution in [0.5, 0.6) is 0 Å². The average Bonchev–Trinajstić information content (AvgIpc) is 2.36. The van der Waals surface area contributed by atoms with Crippen LogP contribution in [0.1, 0.15) is 46.2 Å². The van der Waals surface area contributed by atoms with Crippen LogP contribution < -0.4 is 11.1 Å². The van der Waals surface area contributed by atoms with E-state index in [1.807, 2.05) is 46.8 Å². The van der Waals surface area contributed by atoms with Crippen LogP contribution in [0.15, 0.2) is 24.3 Å². The Morgan fingerprint density at radius 2 is 2.00 bits per heavy atom. The first-order chi connectivity index (χ1) is 9.28. The van der Waals surface area contributed by atoms with Gasteiger partial charge < -0.3 is 15.8 Å². The van der Waals surface area contributed by atoms with E-state index in [1.54, 1.807) is 12.1 Å². The second kappa shape index (κ2) is 8.82. The molecule has 20 heavy (non-hydrogen) atoms. The molecule has 0 aliphatic heterocycles. The van der Waals surface area contributed by atoms with E-state index in [0.29, 0.717) is 11.6 Å². The summed E-state index contributed by atoms with van der Waals surface area (Å²) in [7, 11) is 0. The third kappa shape index (κ3) is 8.02. The van der Waals surface area contributed by atoms with Crippen LogP contribution in [-0.4, -0.2) is 18.2 Å². The molecule has 0 radical (unpaired) electrons. The Kier molecular flexibility index (Phi) is 8.26. The molecule has 0 saturated carbocycles. The molecule has 114 valence electrons. The molecule has 0 spiro atoms. The van der Waals surface area contributed by atoms with Crippen LogP contribution in [0.25, 0.3) is 0 Å². The summed E-state index contributed by atoms with van der Waals surface area (Å²) in [5.41, 5.74) is 6.31. The van der Waals surface area contributed by atoms with Crippen molar-refractivity contribution in [3.63, 3.8) is 0 Å². The van der Waals surface area contributed by atoms with Gasteiger partial charge in [-0.3, -0.25) is 0 Å². The molecule has 1 unspecified atom stereocenters. The molecular weight excluding hydrogens is 276 g/mol. The van der Waals surface area contributed by atoms with Crippen molar-refractivity contribution in [1.82, 2.24) is 5.32 Å². The minimum absolute atomic E-state index is 0.301. The first kappa shape index (κ1) is 18.7. The number of alkyl carbamates (subject to hydrolysis) is 1. The van der Waals surface area contributed by atoms with Crippen molar-refractivity contribution < 1.29 is 9.53 Å². The molecule has 1 rings (SSSR count). The minimum Gasteiger partial charge on any atom is -0.444 e. The predicted molar refractivity (Wildman–Crippen MR) is 84.0 cm³/mol. The second-order valence-electron chi connectivity index (χ2n) is 5.04. The number of nitrogens with two attached hydrogens (primary N) is 1. The summed E-state index contributed by atoms with van der Waals surface area (Å²) in [4.78, 5) is 11.4. The van der Waals surface area contributed by atoms with E-state index in [-0.39, 0.29) is 6.04 Å². The van der Waals surface area contributed by atoms with E-state index in [2.05, 4.69) is 5.32 Å². The standard InChI is InChI=1S/C13H19ClN2O2.C2H6/c1-13(2,3)18-12(17)16-8-11(15)9-5-4-6-10(14)7-9;1-2/h4-7,11H,8,15H2,1-3H3,(H,16,17);1-2H3. The molecule has 1 atom stereocenters. The maximum absolute atomic E-state index is 11.4. The zero-order valence-corrected chi connectivity index (χ0v) is 13.6. The van der Waals surface area contributed by atoms with Gasteiger partial charge in [-0.2, -0.15) is 0 Å². The Morgan fingerprint density at radius 3 is 2.50 bits per heavy atom. The van der Waals surface area contributed by atoms with Gasteiger partial charge in [0.15, 0.2) is 0 Å². The lowest BCUT2D eigenvalue weighted by Gasteiger charge is -2.21. The normalized spacial score (nSPS) is 11.9. The molecule has 0 heterocycles. The van der Waals surface area contributed by atoms with Gasteiger partial charge in [0, 0.05) is 17.6 Å². The van der Waals surface area contributed by atoms with Crippen molar-refractivity contribution in [2.45, 2.75) is 46.3 Å². The van der Waals surface area contributed by atoms with Gasteiger partial charge in [0.2, 0.25) is 0 Å². The Balaban J connectivity index is 0.00000172. The van der Waals surface area contributed by atoms with Gasteiger partial charge in [0.05, 0.1) is 0 Å². The molecular formula is C15H25ClN2O2. The van der Waals surface area contributed by atoms with Gasteiger partial charge >= 0.3 is 6.09 Å². The third-order valence-electron chi connectivity index (χ3n) is 2.14. The third-order valence-corrected chi connectivity index (χ3v) is 2.38. The molecule has 0 saturated heterocycles. The van der Waals surface area contributed by atoms with E-state index < -0.39 is 11.7 Å². The van der Waals surface area contributed by atoms with Gasteiger partial charge in [0.25, 0.3) is 0 Å². The summed E-state index contributed by atoms with van der Waals surface area (Å²) in [6.07, 6.45) is -0.472. The Morgan fingerprint density at radius 1 is 1.40 bits per heavy atom. The van der Waals surface area contributed by atoms with Crippen LogP contribution >= 0.6 is 11.6 Å². The molecule has 4 nitrogen and oxygen atoms in total. The number of carbonyl (C=O) groups excluding carboxylic acids is 1. The first-order valence-electron chi connectivity index (χ1n) is 6.76. The van der Waals surface area contributed by atoms with Crippen molar-refractivity contribution in [3.8, 4) is 0 Å². The quantitative estimate of drug-likeness (QED) is 0.890. The molecule has 0 fully saturated rings. The number of carbonyl (C=O) groups is 1. The molecule has 0 bridgehead atoms. The number of hydrogen-bond donors (Lipinski definition) is 2. The largest absolute Gasteiger partial charge is 0.444 e. The van der Waals surface area contributed by atoms with Gasteiger partial charge in [-0.15, -0.1) is 0 Å². The predicted octanol–water partition coefficient (Wildman–Crippen LogP) is 3.89. The van der Waals surface area contributed by atoms with Crippen molar-refractivity contribution in [2.24, 2.45) is 5.73 Å². The topological polar surface area (TPSA) is 64.3 Å². The monoisotopic (exact) mass is 300 g/mol. The fourth-order valence-electron chi connectivity index (χ4n) is 1.36. The summed E-state index contributed by atoms with van der Waals surface area (Å²) in [5.74, 6) is 0. The molecule has 1 amide bonds. The Labute approximate surface area is 126 Å². The highest BCUT2D eigenvalue weighted by molar-refractivity contribution is 6.30. The highest BCUT2D eigenvalue weighted by Gasteiger charge is 2.16. The number of halogens is 1. The zero-order valence-electron chi connectivity index (χ0n) is 12.9. The molecule has 3 N–H and O–H groups in total. The molecule has 1 aromatic rings. The van der Waals surface area contributed by atoms with E-state index in [4.69, 9.17) is 22.1 Å². The minimum atomic E-state index is -0.510. The summed E-state index contributed by atoms with van der Waals surface area (Å²) < 4.78 is 5.12. The average molecular weight is 301 g/mol. The smallest absolute Gasteiger partial charge is 0.407 e. The van der Waals surface area contributed by atoms with Crippen molar-refractivity contribution in [1.29, 1.82) is 0 Å².